The van der Waals surface area contributed by atoms with E-state index in [1.54, 1.807) is 31.3 Å². The van der Waals surface area contributed by atoms with Gasteiger partial charge in [0.15, 0.2) is 0 Å². The van der Waals surface area contributed by atoms with Crippen molar-refractivity contribution in [3.05, 3.63) is 54.7 Å². The Hall–Kier alpha value is -3.28. The monoisotopic (exact) mass is 323 g/mol. The maximum atomic E-state index is 11.5. The molecule has 24 heavy (non-hydrogen) atoms. The molecule has 6 heteroatoms. The van der Waals surface area contributed by atoms with E-state index >= 15 is 0 Å². The molecule has 6 nitrogen and oxygen atoms in total. The Morgan fingerprint density at radius 2 is 1.96 bits per heavy atom. The predicted octanol–water partition coefficient (Wildman–Crippen LogP) is 4.18. The van der Waals surface area contributed by atoms with Crippen molar-refractivity contribution in [2.45, 2.75) is 6.92 Å². The maximum absolute atomic E-state index is 11.5. The van der Waals surface area contributed by atoms with Gasteiger partial charge in [-0.05, 0) is 25.1 Å². The lowest BCUT2D eigenvalue weighted by molar-refractivity contribution is 0.168. The minimum absolute atomic E-state index is 0.291. The van der Waals surface area contributed by atoms with Gasteiger partial charge in [-0.3, -0.25) is 5.32 Å². The third kappa shape index (κ3) is 3.38. The number of amides is 1. The van der Waals surface area contributed by atoms with E-state index < -0.39 is 6.09 Å². The van der Waals surface area contributed by atoms with E-state index in [-0.39, 0.29) is 0 Å². The van der Waals surface area contributed by atoms with Crippen LogP contribution >= 0.6 is 0 Å². The van der Waals surface area contributed by atoms with E-state index in [9.17, 15) is 4.79 Å². The molecule has 0 saturated heterocycles. The second-order valence-corrected chi connectivity index (χ2v) is 5.02. The number of anilines is 2. The van der Waals surface area contributed by atoms with Gasteiger partial charge in [-0.1, -0.05) is 24.3 Å². The fraction of sp³-hybridized carbons (Fsp3) is 0.111. The first-order valence-electron chi connectivity index (χ1n) is 7.52. The Balaban J connectivity index is 1.87. The number of hydrogen-bond donors (Lipinski definition) is 2. The standard InChI is InChI=1S/C18H17N3O3/c1-2-23-18(22)21-17-11-12(9-10-20-17)24-16-8-7-15(19)13-5-3-4-6-14(13)16/h3-11H,2,19H2,1H3,(H,20,21,22). The van der Waals surface area contributed by atoms with Crippen LogP contribution in [0.2, 0.25) is 0 Å². The fourth-order valence-corrected chi connectivity index (χ4v) is 2.33. The summed E-state index contributed by atoms with van der Waals surface area (Å²) in [6.07, 6.45) is 0.996. The minimum atomic E-state index is -0.555. The molecule has 0 radical (unpaired) electrons. The Bertz CT molecular complexity index is 880. The quantitative estimate of drug-likeness (QED) is 0.703. The van der Waals surface area contributed by atoms with E-state index in [2.05, 4.69) is 10.3 Å². The van der Waals surface area contributed by atoms with Crippen LogP contribution in [0.5, 0.6) is 11.5 Å². The van der Waals surface area contributed by atoms with Gasteiger partial charge in [0.2, 0.25) is 0 Å². The number of ether oxygens (including phenoxy) is 2. The van der Waals surface area contributed by atoms with Crippen LogP contribution in [0.25, 0.3) is 10.8 Å². The normalized spacial score (nSPS) is 10.4. The zero-order valence-electron chi connectivity index (χ0n) is 13.2. The molecular weight excluding hydrogens is 306 g/mol. The number of nitrogens with zero attached hydrogens (tertiary/aromatic N) is 1. The van der Waals surface area contributed by atoms with Crippen LogP contribution in [-0.4, -0.2) is 17.7 Å². The van der Waals surface area contributed by atoms with E-state index in [0.717, 1.165) is 10.8 Å². The van der Waals surface area contributed by atoms with E-state index in [1.807, 2.05) is 30.3 Å². The highest BCUT2D eigenvalue weighted by Crippen LogP contribution is 2.33. The van der Waals surface area contributed by atoms with Crippen LogP contribution in [0.4, 0.5) is 16.3 Å². The lowest BCUT2D eigenvalue weighted by Crippen LogP contribution is -2.14. The van der Waals surface area contributed by atoms with Crippen molar-refractivity contribution in [2.24, 2.45) is 0 Å². The number of aromatic nitrogens is 1. The van der Waals surface area contributed by atoms with Gasteiger partial charge in [0.25, 0.3) is 0 Å². The van der Waals surface area contributed by atoms with Crippen molar-refractivity contribution in [1.29, 1.82) is 0 Å². The number of carbonyl (C=O) groups excluding carboxylic acids is 1. The highest BCUT2D eigenvalue weighted by Gasteiger charge is 2.08. The number of pyridine rings is 1. The number of nitrogens with two attached hydrogens (primary N) is 1. The Morgan fingerprint density at radius 3 is 2.75 bits per heavy atom. The van der Waals surface area contributed by atoms with Gasteiger partial charge in [0.1, 0.15) is 17.3 Å². The average molecular weight is 323 g/mol. The molecule has 0 atom stereocenters. The Labute approximate surface area is 139 Å². The smallest absolute Gasteiger partial charge is 0.412 e. The maximum Gasteiger partial charge on any atom is 0.412 e. The molecule has 3 rings (SSSR count). The first-order chi connectivity index (χ1) is 11.7. The molecular formula is C18H17N3O3. The van der Waals surface area contributed by atoms with E-state index in [4.69, 9.17) is 15.2 Å². The third-order valence-electron chi connectivity index (χ3n) is 3.38. The summed E-state index contributed by atoms with van der Waals surface area (Å²) in [7, 11) is 0. The summed E-state index contributed by atoms with van der Waals surface area (Å²) >= 11 is 0. The molecule has 0 saturated carbocycles. The molecule has 1 aromatic heterocycles. The van der Waals surface area contributed by atoms with Crippen molar-refractivity contribution < 1.29 is 14.3 Å². The van der Waals surface area contributed by atoms with Crippen molar-refractivity contribution in [3.8, 4) is 11.5 Å². The molecule has 0 aliphatic carbocycles. The molecule has 1 heterocycles. The molecule has 3 aromatic rings. The molecule has 2 aromatic carbocycles. The van der Waals surface area contributed by atoms with Gasteiger partial charge < -0.3 is 15.2 Å². The van der Waals surface area contributed by atoms with Crippen LogP contribution in [0.1, 0.15) is 6.92 Å². The van der Waals surface area contributed by atoms with Crippen molar-refractivity contribution in [3.63, 3.8) is 0 Å². The van der Waals surface area contributed by atoms with E-state index in [1.165, 1.54) is 0 Å². The van der Waals surface area contributed by atoms with Gasteiger partial charge in [0.05, 0.1) is 6.61 Å². The summed E-state index contributed by atoms with van der Waals surface area (Å²) in [6, 6.07) is 14.7. The summed E-state index contributed by atoms with van der Waals surface area (Å²) < 4.78 is 10.8. The number of hydrogen-bond acceptors (Lipinski definition) is 5. The first kappa shape index (κ1) is 15.6. The van der Waals surface area contributed by atoms with Crippen molar-refractivity contribution in [1.82, 2.24) is 4.98 Å². The fourth-order valence-electron chi connectivity index (χ4n) is 2.33. The number of nitrogen functional groups attached to an aromatic ring is 1. The second-order valence-electron chi connectivity index (χ2n) is 5.02. The second kappa shape index (κ2) is 6.87. The zero-order chi connectivity index (χ0) is 16.9. The zero-order valence-corrected chi connectivity index (χ0v) is 13.2. The number of carbonyl (C=O) groups is 1. The van der Waals surface area contributed by atoms with Crippen LogP contribution in [0, 0.1) is 0 Å². The SMILES string of the molecule is CCOC(=O)Nc1cc(Oc2ccc(N)c3ccccc23)ccn1. The lowest BCUT2D eigenvalue weighted by Gasteiger charge is -2.11. The summed E-state index contributed by atoms with van der Waals surface area (Å²) in [5.74, 6) is 1.57. The molecule has 0 unspecified atom stereocenters. The number of fused-ring (bicyclic) bond motifs is 1. The molecule has 0 bridgehead atoms. The molecule has 3 N–H and O–H groups in total. The number of rotatable bonds is 4. The molecule has 1 amide bonds. The van der Waals surface area contributed by atoms with Crippen LogP contribution in [0.15, 0.2) is 54.7 Å². The van der Waals surface area contributed by atoms with Crippen LogP contribution in [-0.2, 0) is 4.74 Å². The van der Waals surface area contributed by atoms with E-state index in [0.29, 0.717) is 29.6 Å². The highest BCUT2D eigenvalue weighted by molar-refractivity contribution is 5.97. The summed E-state index contributed by atoms with van der Waals surface area (Å²) in [5.41, 5.74) is 6.69. The average Bonchev–Trinajstić information content (AvgIpc) is 2.58. The Morgan fingerprint density at radius 1 is 1.17 bits per heavy atom. The molecule has 0 fully saturated rings. The summed E-state index contributed by atoms with van der Waals surface area (Å²) in [5, 5.41) is 4.38. The van der Waals surface area contributed by atoms with Crippen molar-refractivity contribution >= 4 is 28.4 Å². The summed E-state index contributed by atoms with van der Waals surface area (Å²) in [4.78, 5) is 15.5. The Kier molecular flexibility index (Phi) is 4.47. The lowest BCUT2D eigenvalue weighted by atomic mass is 10.1. The van der Waals surface area contributed by atoms with Gasteiger partial charge >= 0.3 is 6.09 Å². The number of benzene rings is 2. The largest absolute Gasteiger partial charge is 0.457 e. The van der Waals surface area contributed by atoms with Crippen LogP contribution < -0.4 is 15.8 Å². The molecule has 0 aliphatic rings. The highest BCUT2D eigenvalue weighted by atomic mass is 16.5. The van der Waals surface area contributed by atoms with Crippen molar-refractivity contribution in [2.75, 3.05) is 17.7 Å². The van der Waals surface area contributed by atoms with Gasteiger partial charge in [-0.25, -0.2) is 9.78 Å². The van der Waals surface area contributed by atoms with Gasteiger partial charge in [-0.2, -0.15) is 0 Å². The third-order valence-corrected chi connectivity index (χ3v) is 3.38. The molecule has 0 spiro atoms. The molecule has 0 aliphatic heterocycles. The molecule has 122 valence electrons. The summed E-state index contributed by atoms with van der Waals surface area (Å²) in [6.45, 7) is 2.03. The van der Waals surface area contributed by atoms with Gasteiger partial charge in [0, 0.05) is 28.7 Å². The first-order valence-corrected chi connectivity index (χ1v) is 7.52. The minimum Gasteiger partial charge on any atom is -0.457 e. The number of nitrogens with one attached hydrogen (secondary N) is 1. The topological polar surface area (TPSA) is 86.5 Å². The predicted molar refractivity (Wildman–Crippen MR) is 93.3 cm³/mol. The van der Waals surface area contributed by atoms with Gasteiger partial charge in [-0.15, -0.1) is 0 Å². The van der Waals surface area contributed by atoms with Crippen LogP contribution in [0.3, 0.4) is 0 Å².